The van der Waals surface area contributed by atoms with E-state index in [9.17, 15) is 19.2 Å². The molecule has 0 atom stereocenters. The van der Waals surface area contributed by atoms with Crippen molar-refractivity contribution in [2.75, 3.05) is 22.1 Å². The molecule has 0 saturated carbocycles. The zero-order valence-corrected chi connectivity index (χ0v) is 22.5. The molecule has 0 radical (unpaired) electrons. The van der Waals surface area contributed by atoms with Gasteiger partial charge in [0.05, 0.1) is 17.9 Å². The summed E-state index contributed by atoms with van der Waals surface area (Å²) in [5, 5.41) is 5.52. The topological polar surface area (TPSA) is 105 Å². The summed E-state index contributed by atoms with van der Waals surface area (Å²) in [4.78, 5) is 52.3. The Morgan fingerprint density at radius 2 is 1.64 bits per heavy atom. The molecular weight excluding hydrogens is 518 g/mol. The number of hydrogen-bond acceptors (Lipinski definition) is 6. The minimum Gasteiger partial charge on any atom is -0.462 e. The maximum Gasteiger partial charge on any atom is 0.338 e. The van der Waals surface area contributed by atoms with Gasteiger partial charge in [0.15, 0.2) is 0 Å². The lowest BCUT2D eigenvalue weighted by Crippen LogP contribution is -2.32. The van der Waals surface area contributed by atoms with Gasteiger partial charge in [-0.2, -0.15) is 0 Å². The number of benzene rings is 3. The molecule has 1 heterocycles. The molecule has 3 amide bonds. The summed E-state index contributed by atoms with van der Waals surface area (Å²) in [6, 6.07) is 20.1. The van der Waals surface area contributed by atoms with Gasteiger partial charge in [-0.15, -0.1) is 0 Å². The average molecular weight is 546 g/mol. The molecule has 39 heavy (non-hydrogen) atoms. The molecule has 3 aromatic rings. The Balaban J connectivity index is 1.53. The Morgan fingerprint density at radius 1 is 0.923 bits per heavy atom. The van der Waals surface area contributed by atoms with Crippen LogP contribution in [0, 0.1) is 0 Å². The fourth-order valence-electron chi connectivity index (χ4n) is 4.09. The second-order valence-corrected chi connectivity index (χ2v) is 9.60. The molecule has 8 nitrogen and oxygen atoms in total. The lowest BCUT2D eigenvalue weighted by molar-refractivity contribution is -0.120. The van der Waals surface area contributed by atoms with E-state index in [0.717, 1.165) is 16.2 Å². The Labute approximate surface area is 231 Å². The molecule has 2 N–H and O–H groups in total. The van der Waals surface area contributed by atoms with Gasteiger partial charge in [0.2, 0.25) is 0 Å². The number of carbonyl (C=O) groups is 4. The first-order chi connectivity index (χ1) is 18.7. The highest BCUT2D eigenvalue weighted by molar-refractivity contribution is 6.53. The number of halogens is 1. The van der Waals surface area contributed by atoms with Gasteiger partial charge in [0.25, 0.3) is 17.7 Å². The Morgan fingerprint density at radius 3 is 2.38 bits per heavy atom. The van der Waals surface area contributed by atoms with Crippen molar-refractivity contribution in [3.05, 3.63) is 100 Å². The van der Waals surface area contributed by atoms with Crippen LogP contribution in [0.4, 0.5) is 17.1 Å². The lowest BCUT2D eigenvalue weighted by atomic mass is 10.0. The molecule has 4 rings (SSSR count). The van der Waals surface area contributed by atoms with E-state index in [1.54, 1.807) is 30.3 Å². The van der Waals surface area contributed by atoms with Gasteiger partial charge in [0, 0.05) is 16.9 Å². The van der Waals surface area contributed by atoms with Crippen LogP contribution in [0.2, 0.25) is 0 Å². The molecule has 200 valence electrons. The van der Waals surface area contributed by atoms with Crippen LogP contribution in [0.15, 0.2) is 83.5 Å². The first-order valence-corrected chi connectivity index (χ1v) is 12.9. The molecule has 0 fully saturated rings. The van der Waals surface area contributed by atoms with Crippen molar-refractivity contribution in [1.82, 2.24) is 0 Å². The van der Waals surface area contributed by atoms with Crippen molar-refractivity contribution in [3.8, 4) is 0 Å². The minimum absolute atomic E-state index is 0.136. The molecule has 0 unspecified atom stereocenters. The summed E-state index contributed by atoms with van der Waals surface area (Å²) in [6.45, 7) is 6.23. The van der Waals surface area contributed by atoms with Crippen LogP contribution < -0.4 is 15.5 Å². The SMILES string of the molecule is CCCOC(=O)c1cccc(N2C(=O)C(Cl)=C(Nc3cccc(C(=O)Nc4ccccc4C(C)C)c3)C2=O)c1. The van der Waals surface area contributed by atoms with Crippen LogP contribution in [0.5, 0.6) is 0 Å². The zero-order chi connectivity index (χ0) is 28.1. The summed E-state index contributed by atoms with van der Waals surface area (Å²) >= 11 is 6.28. The number of ether oxygens (including phenoxy) is 1. The maximum absolute atomic E-state index is 13.3. The summed E-state index contributed by atoms with van der Waals surface area (Å²) in [6.07, 6.45) is 0.664. The normalized spacial score (nSPS) is 13.2. The van der Waals surface area contributed by atoms with Gasteiger partial charge in [0.1, 0.15) is 10.7 Å². The van der Waals surface area contributed by atoms with Crippen LogP contribution in [0.3, 0.4) is 0 Å². The quantitative estimate of drug-likeness (QED) is 0.250. The highest BCUT2D eigenvalue weighted by atomic mass is 35.5. The summed E-state index contributed by atoms with van der Waals surface area (Å²) in [5.74, 6) is -2.08. The molecule has 0 spiro atoms. The standard InChI is InChI=1S/C30H28ClN3O5/c1-4-15-39-30(38)20-10-8-12-22(17-20)34-28(36)25(31)26(29(34)37)32-21-11-7-9-19(16-21)27(35)33-24-14-6-5-13-23(24)18(2)3/h5-14,16-18,32H,4,15H2,1-3H3,(H,33,35). The number of hydrogen-bond donors (Lipinski definition) is 2. The van der Waals surface area contributed by atoms with Crippen molar-refractivity contribution in [2.45, 2.75) is 33.1 Å². The predicted molar refractivity (Wildman–Crippen MR) is 151 cm³/mol. The first kappa shape index (κ1) is 27.6. The number of nitrogens with one attached hydrogen (secondary N) is 2. The number of imide groups is 1. The summed E-state index contributed by atoms with van der Waals surface area (Å²) in [7, 11) is 0. The number of anilines is 3. The van der Waals surface area contributed by atoms with E-state index in [-0.39, 0.29) is 40.4 Å². The molecule has 0 aliphatic carbocycles. The van der Waals surface area contributed by atoms with Gasteiger partial charge < -0.3 is 15.4 Å². The van der Waals surface area contributed by atoms with Gasteiger partial charge in [-0.3, -0.25) is 14.4 Å². The van der Waals surface area contributed by atoms with E-state index < -0.39 is 17.8 Å². The van der Waals surface area contributed by atoms with Crippen LogP contribution in [-0.2, 0) is 14.3 Å². The molecule has 1 aliphatic rings. The fraction of sp³-hybridized carbons (Fsp3) is 0.200. The third kappa shape index (κ3) is 6.02. The van der Waals surface area contributed by atoms with Gasteiger partial charge in [-0.1, -0.05) is 62.7 Å². The van der Waals surface area contributed by atoms with Crippen LogP contribution in [-0.4, -0.2) is 30.3 Å². The van der Waals surface area contributed by atoms with E-state index in [1.807, 2.05) is 45.0 Å². The summed E-state index contributed by atoms with van der Waals surface area (Å²) < 4.78 is 5.15. The van der Waals surface area contributed by atoms with Crippen LogP contribution in [0.1, 0.15) is 59.4 Å². The molecule has 0 aromatic heterocycles. The van der Waals surface area contributed by atoms with Crippen molar-refractivity contribution in [2.24, 2.45) is 0 Å². The second kappa shape index (κ2) is 12.0. The summed E-state index contributed by atoms with van der Waals surface area (Å²) in [5.41, 5.74) is 2.72. The Hall–Kier alpha value is -4.43. The van der Waals surface area contributed by atoms with Gasteiger partial charge in [-0.05, 0) is 60.4 Å². The maximum atomic E-state index is 13.3. The number of rotatable bonds is 9. The van der Waals surface area contributed by atoms with Crippen LogP contribution >= 0.6 is 11.6 Å². The van der Waals surface area contributed by atoms with E-state index in [2.05, 4.69) is 10.6 Å². The third-order valence-electron chi connectivity index (χ3n) is 6.03. The number of esters is 1. The second-order valence-electron chi connectivity index (χ2n) is 9.22. The van der Waals surface area contributed by atoms with E-state index in [0.29, 0.717) is 17.7 Å². The predicted octanol–water partition coefficient (Wildman–Crippen LogP) is 6.06. The molecular formula is C30H28ClN3O5. The molecule has 0 saturated heterocycles. The number of carbonyl (C=O) groups excluding carboxylic acids is 4. The lowest BCUT2D eigenvalue weighted by Gasteiger charge is -2.16. The van der Waals surface area contributed by atoms with Crippen molar-refractivity contribution < 1.29 is 23.9 Å². The number of amides is 3. The van der Waals surface area contributed by atoms with E-state index in [1.165, 1.54) is 18.2 Å². The van der Waals surface area contributed by atoms with Crippen LogP contribution in [0.25, 0.3) is 0 Å². The Bertz CT molecular complexity index is 1480. The van der Waals surface area contributed by atoms with Gasteiger partial charge >= 0.3 is 5.97 Å². The van der Waals surface area contributed by atoms with E-state index in [4.69, 9.17) is 16.3 Å². The van der Waals surface area contributed by atoms with Crippen molar-refractivity contribution in [3.63, 3.8) is 0 Å². The monoisotopic (exact) mass is 545 g/mol. The highest BCUT2D eigenvalue weighted by Gasteiger charge is 2.39. The molecule has 3 aromatic carbocycles. The minimum atomic E-state index is -0.734. The average Bonchev–Trinajstić information content (AvgIpc) is 3.14. The number of para-hydroxylation sites is 1. The number of nitrogens with zero attached hydrogens (tertiary/aromatic N) is 1. The van der Waals surface area contributed by atoms with Crippen molar-refractivity contribution >= 4 is 52.4 Å². The largest absolute Gasteiger partial charge is 0.462 e. The fourth-order valence-corrected chi connectivity index (χ4v) is 4.30. The highest BCUT2D eigenvalue weighted by Crippen LogP contribution is 2.31. The molecule has 9 heteroatoms. The third-order valence-corrected chi connectivity index (χ3v) is 6.38. The first-order valence-electron chi connectivity index (χ1n) is 12.5. The zero-order valence-electron chi connectivity index (χ0n) is 21.8. The molecule has 0 bridgehead atoms. The Kier molecular flexibility index (Phi) is 8.46. The van der Waals surface area contributed by atoms with Crippen molar-refractivity contribution in [1.29, 1.82) is 0 Å². The van der Waals surface area contributed by atoms with E-state index >= 15 is 0 Å². The van der Waals surface area contributed by atoms with Gasteiger partial charge in [-0.25, -0.2) is 9.69 Å². The molecule has 1 aliphatic heterocycles. The smallest absolute Gasteiger partial charge is 0.338 e.